The number of sulfone groups is 1. The number of aryl methyl sites for hydroxylation is 1. The molecule has 1 aromatic rings. The van der Waals surface area contributed by atoms with E-state index in [2.05, 4.69) is 0 Å². The summed E-state index contributed by atoms with van der Waals surface area (Å²) in [5.41, 5.74) is 0.789. The molecular weight excluding hydrogens is 322 g/mol. The fourth-order valence-electron chi connectivity index (χ4n) is 2.16. The van der Waals surface area contributed by atoms with Crippen LogP contribution in [0.1, 0.15) is 12.0 Å². The van der Waals surface area contributed by atoms with Crippen molar-refractivity contribution in [2.24, 2.45) is 0 Å². The van der Waals surface area contributed by atoms with Crippen molar-refractivity contribution in [1.82, 2.24) is 4.31 Å². The summed E-state index contributed by atoms with van der Waals surface area (Å²) in [5.74, 6) is -0.0888. The Morgan fingerprint density at radius 1 is 1.35 bits per heavy atom. The lowest BCUT2D eigenvalue weighted by Gasteiger charge is -2.23. The molecule has 8 heteroatoms. The zero-order chi connectivity index (χ0) is 15.1. The van der Waals surface area contributed by atoms with E-state index < -0.39 is 25.9 Å². The molecule has 1 aliphatic rings. The first-order chi connectivity index (χ1) is 9.13. The van der Waals surface area contributed by atoms with Gasteiger partial charge in [0.2, 0.25) is 10.0 Å². The molecule has 0 bridgehead atoms. The predicted molar refractivity (Wildman–Crippen MR) is 78.2 cm³/mol. The van der Waals surface area contributed by atoms with E-state index in [0.717, 1.165) is 9.87 Å². The summed E-state index contributed by atoms with van der Waals surface area (Å²) in [6, 6.07) is 4.00. The normalized spacial score (nSPS) is 22.3. The first kappa shape index (κ1) is 15.8. The van der Waals surface area contributed by atoms with Crippen molar-refractivity contribution in [3.05, 3.63) is 28.8 Å². The molecule has 1 aliphatic heterocycles. The number of rotatable bonds is 3. The van der Waals surface area contributed by atoms with E-state index in [1.54, 1.807) is 13.0 Å². The number of halogens is 1. The summed E-state index contributed by atoms with van der Waals surface area (Å²) in [7, 11) is -5.45. The molecular formula is C12H16ClNO4S2. The fourth-order valence-corrected chi connectivity index (χ4v) is 5.68. The lowest BCUT2D eigenvalue weighted by atomic mass is 10.2. The van der Waals surface area contributed by atoms with Crippen LogP contribution < -0.4 is 0 Å². The number of benzene rings is 1. The smallest absolute Gasteiger partial charge is 0.229 e. The van der Waals surface area contributed by atoms with E-state index in [1.165, 1.54) is 19.2 Å². The third-order valence-electron chi connectivity index (χ3n) is 3.54. The lowest BCUT2D eigenvalue weighted by molar-refractivity contribution is 0.394. The molecule has 1 fully saturated rings. The van der Waals surface area contributed by atoms with Crippen LogP contribution >= 0.6 is 11.6 Å². The predicted octanol–water partition coefficient (Wildman–Crippen LogP) is 1.46. The summed E-state index contributed by atoms with van der Waals surface area (Å²) in [6.07, 6.45) is 0.331. The Bertz CT molecular complexity index is 728. The highest BCUT2D eigenvalue weighted by Gasteiger charge is 2.36. The third-order valence-corrected chi connectivity index (χ3v) is 7.61. The highest BCUT2D eigenvalue weighted by atomic mass is 35.5. The first-order valence-electron chi connectivity index (χ1n) is 6.08. The summed E-state index contributed by atoms with van der Waals surface area (Å²) in [5, 5.41) is 0.374. The summed E-state index contributed by atoms with van der Waals surface area (Å²) >= 11 is 5.95. The minimum atomic E-state index is -3.73. The van der Waals surface area contributed by atoms with Crippen LogP contribution in [-0.2, 0) is 19.9 Å². The molecule has 1 heterocycles. The maximum atomic E-state index is 12.5. The highest BCUT2D eigenvalue weighted by molar-refractivity contribution is 7.92. The number of nitrogens with zero attached hydrogens (tertiary/aromatic N) is 1. The van der Waals surface area contributed by atoms with Gasteiger partial charge in [-0.25, -0.2) is 16.8 Å². The lowest BCUT2D eigenvalue weighted by Crippen LogP contribution is -2.37. The van der Waals surface area contributed by atoms with Crippen molar-refractivity contribution in [2.45, 2.75) is 24.3 Å². The van der Waals surface area contributed by atoms with Crippen molar-refractivity contribution >= 4 is 31.5 Å². The monoisotopic (exact) mass is 337 g/mol. The molecule has 1 unspecified atom stereocenters. The fraction of sp³-hybridized carbons (Fsp3) is 0.500. The van der Waals surface area contributed by atoms with Gasteiger partial charge in [0.05, 0.1) is 16.4 Å². The third kappa shape index (κ3) is 3.00. The van der Waals surface area contributed by atoms with Crippen LogP contribution in [0.2, 0.25) is 5.02 Å². The van der Waals surface area contributed by atoms with Crippen LogP contribution in [0.3, 0.4) is 0 Å². The Morgan fingerprint density at radius 3 is 2.50 bits per heavy atom. The Kier molecular flexibility index (Phi) is 4.17. The average molecular weight is 338 g/mol. The molecule has 0 aromatic heterocycles. The van der Waals surface area contributed by atoms with Gasteiger partial charge in [0, 0.05) is 18.1 Å². The van der Waals surface area contributed by atoms with Gasteiger partial charge in [0.1, 0.15) is 0 Å². The van der Waals surface area contributed by atoms with Gasteiger partial charge in [0.15, 0.2) is 9.84 Å². The first-order valence-corrected chi connectivity index (χ1v) is 9.72. The molecule has 0 amide bonds. The second-order valence-electron chi connectivity index (χ2n) is 4.99. The molecule has 0 saturated carbocycles. The van der Waals surface area contributed by atoms with E-state index in [4.69, 9.17) is 11.6 Å². The topological polar surface area (TPSA) is 71.5 Å². The van der Waals surface area contributed by atoms with E-state index in [1.807, 2.05) is 0 Å². The maximum Gasteiger partial charge on any atom is 0.243 e. The standard InChI is InChI=1S/C12H16ClNO4S2/c1-9-3-4-11(7-12(9)13)20(17,18)14(2)10-5-6-19(15,16)8-10/h3-4,7,10H,5-6,8H2,1-2H3. The zero-order valence-electron chi connectivity index (χ0n) is 11.2. The van der Waals surface area contributed by atoms with E-state index >= 15 is 0 Å². The van der Waals surface area contributed by atoms with E-state index in [9.17, 15) is 16.8 Å². The summed E-state index contributed by atoms with van der Waals surface area (Å²) in [4.78, 5) is 0.0832. The molecule has 20 heavy (non-hydrogen) atoms. The molecule has 0 radical (unpaired) electrons. The minimum Gasteiger partial charge on any atom is -0.229 e. The number of hydrogen-bond acceptors (Lipinski definition) is 4. The van der Waals surface area contributed by atoms with Crippen LogP contribution in [0.25, 0.3) is 0 Å². The molecule has 5 nitrogen and oxygen atoms in total. The van der Waals surface area contributed by atoms with Gasteiger partial charge in [-0.1, -0.05) is 17.7 Å². The zero-order valence-corrected chi connectivity index (χ0v) is 13.6. The SMILES string of the molecule is Cc1ccc(S(=O)(=O)N(C)C2CCS(=O)(=O)C2)cc1Cl. The summed E-state index contributed by atoms with van der Waals surface area (Å²) in [6.45, 7) is 1.78. The van der Waals surface area contributed by atoms with Gasteiger partial charge >= 0.3 is 0 Å². The van der Waals surface area contributed by atoms with Gasteiger partial charge in [-0.05, 0) is 31.0 Å². The highest BCUT2D eigenvalue weighted by Crippen LogP contribution is 2.26. The van der Waals surface area contributed by atoms with Crippen LogP contribution in [-0.4, -0.2) is 45.7 Å². The van der Waals surface area contributed by atoms with Gasteiger partial charge in [0.25, 0.3) is 0 Å². The molecule has 0 N–H and O–H groups in total. The molecule has 0 aliphatic carbocycles. The van der Waals surface area contributed by atoms with Crippen LogP contribution in [0, 0.1) is 6.92 Å². The van der Waals surface area contributed by atoms with Crippen molar-refractivity contribution < 1.29 is 16.8 Å². The van der Waals surface area contributed by atoms with Gasteiger partial charge < -0.3 is 0 Å². The van der Waals surface area contributed by atoms with E-state index in [-0.39, 0.29) is 16.4 Å². The van der Waals surface area contributed by atoms with Crippen LogP contribution in [0.15, 0.2) is 23.1 Å². The molecule has 112 valence electrons. The average Bonchev–Trinajstić information content (AvgIpc) is 2.72. The van der Waals surface area contributed by atoms with Gasteiger partial charge in [-0.3, -0.25) is 0 Å². The van der Waals surface area contributed by atoms with Gasteiger partial charge in [-0.15, -0.1) is 0 Å². The van der Waals surface area contributed by atoms with Crippen molar-refractivity contribution in [3.8, 4) is 0 Å². The molecule has 2 rings (SSSR count). The Balaban J connectivity index is 2.32. The molecule has 0 spiro atoms. The minimum absolute atomic E-state index is 0.0339. The largest absolute Gasteiger partial charge is 0.243 e. The van der Waals surface area contributed by atoms with Gasteiger partial charge in [-0.2, -0.15) is 4.31 Å². The van der Waals surface area contributed by atoms with E-state index in [0.29, 0.717) is 11.4 Å². The molecule has 1 saturated heterocycles. The molecule has 1 aromatic carbocycles. The Morgan fingerprint density at radius 2 is 2.00 bits per heavy atom. The van der Waals surface area contributed by atoms with Crippen LogP contribution in [0.4, 0.5) is 0 Å². The van der Waals surface area contributed by atoms with Crippen molar-refractivity contribution in [3.63, 3.8) is 0 Å². The Hall–Kier alpha value is -0.630. The second-order valence-corrected chi connectivity index (χ2v) is 9.62. The maximum absolute atomic E-state index is 12.5. The number of hydrogen-bond donors (Lipinski definition) is 0. The second kappa shape index (κ2) is 5.29. The Labute approximate surface area is 124 Å². The van der Waals surface area contributed by atoms with Crippen LogP contribution in [0.5, 0.6) is 0 Å². The summed E-state index contributed by atoms with van der Waals surface area (Å²) < 4.78 is 49.0. The number of sulfonamides is 1. The van der Waals surface area contributed by atoms with Crippen molar-refractivity contribution in [2.75, 3.05) is 18.6 Å². The quantitative estimate of drug-likeness (QED) is 0.837. The van der Waals surface area contributed by atoms with Crippen molar-refractivity contribution in [1.29, 1.82) is 0 Å². The molecule has 1 atom stereocenters.